The maximum Gasteiger partial charge on any atom is 0.133 e. The van der Waals surface area contributed by atoms with Gasteiger partial charge < -0.3 is 0 Å². The van der Waals surface area contributed by atoms with E-state index in [0.29, 0.717) is 5.04 Å². The molecule has 4 rings (SSSR count). The zero-order chi connectivity index (χ0) is 16.7. The van der Waals surface area contributed by atoms with Crippen molar-refractivity contribution in [3.63, 3.8) is 0 Å². The smallest absolute Gasteiger partial charge is 0.133 e. The first-order valence-corrected chi connectivity index (χ1v) is 9.05. The summed E-state index contributed by atoms with van der Waals surface area (Å²) in [5.41, 5.74) is 7.44. The van der Waals surface area contributed by atoms with Gasteiger partial charge in [0, 0.05) is 5.56 Å². The first-order chi connectivity index (χ1) is 11.6. The van der Waals surface area contributed by atoms with Crippen LogP contribution in [0.2, 0.25) is 0 Å². The van der Waals surface area contributed by atoms with Crippen LogP contribution < -0.4 is 5.43 Å². The Balaban J connectivity index is 1.68. The minimum absolute atomic E-state index is 0.225. The number of halogens is 2. The summed E-state index contributed by atoms with van der Waals surface area (Å²) < 4.78 is 27.6. The molecule has 1 N–H and O–H groups in total. The third kappa shape index (κ3) is 2.42. The molecule has 0 bridgehead atoms. The van der Waals surface area contributed by atoms with Crippen molar-refractivity contribution in [2.24, 2.45) is 5.10 Å². The summed E-state index contributed by atoms with van der Waals surface area (Å²) in [7, 11) is 0. The molecule has 2 aliphatic rings. The van der Waals surface area contributed by atoms with Crippen molar-refractivity contribution in [3.8, 4) is 0 Å². The van der Waals surface area contributed by atoms with Crippen molar-refractivity contribution < 1.29 is 8.78 Å². The number of hydrazone groups is 1. The highest BCUT2D eigenvalue weighted by atomic mass is 32.2. The lowest BCUT2D eigenvalue weighted by atomic mass is 9.99. The summed E-state index contributed by atoms with van der Waals surface area (Å²) in [5, 5.41) is 4.86. The van der Waals surface area contributed by atoms with Gasteiger partial charge in [-0.15, -0.1) is 0 Å². The molecule has 1 aliphatic heterocycles. The topological polar surface area (TPSA) is 24.4 Å². The SMILES string of the molecule is CCCc1cccc2c1CCC21NN=C(c2cc(F)ccc2F)S1. The lowest BCUT2D eigenvalue weighted by Crippen LogP contribution is -2.29. The van der Waals surface area contributed by atoms with Gasteiger partial charge >= 0.3 is 0 Å². The van der Waals surface area contributed by atoms with E-state index in [9.17, 15) is 8.78 Å². The van der Waals surface area contributed by atoms with Crippen LogP contribution in [0.1, 0.15) is 42.0 Å². The Hall–Kier alpha value is -1.88. The van der Waals surface area contributed by atoms with Crippen molar-refractivity contribution in [3.05, 3.63) is 70.3 Å². The molecular weight excluding hydrogens is 326 g/mol. The molecule has 0 aromatic heterocycles. The number of fused-ring (bicyclic) bond motifs is 2. The second kappa shape index (κ2) is 5.88. The molecule has 124 valence electrons. The number of aryl methyl sites for hydroxylation is 1. The van der Waals surface area contributed by atoms with E-state index in [1.54, 1.807) is 0 Å². The molecule has 5 heteroatoms. The Morgan fingerprint density at radius 2 is 2.12 bits per heavy atom. The first kappa shape index (κ1) is 15.6. The van der Waals surface area contributed by atoms with E-state index in [4.69, 9.17) is 0 Å². The van der Waals surface area contributed by atoms with E-state index in [0.717, 1.165) is 37.8 Å². The van der Waals surface area contributed by atoms with Gasteiger partial charge in [-0.25, -0.2) is 8.78 Å². The Kier molecular flexibility index (Phi) is 3.83. The Labute approximate surface area is 144 Å². The minimum Gasteiger partial charge on any atom is -0.288 e. The van der Waals surface area contributed by atoms with Gasteiger partial charge in [-0.05, 0) is 54.2 Å². The predicted octanol–water partition coefficient (Wildman–Crippen LogP) is 4.71. The highest BCUT2D eigenvalue weighted by Gasteiger charge is 2.45. The van der Waals surface area contributed by atoms with Gasteiger partial charge in [-0.3, -0.25) is 5.43 Å². The van der Waals surface area contributed by atoms with Gasteiger partial charge in [0.2, 0.25) is 0 Å². The minimum atomic E-state index is -0.451. The summed E-state index contributed by atoms with van der Waals surface area (Å²) in [6.07, 6.45) is 4.06. The van der Waals surface area contributed by atoms with Crippen molar-refractivity contribution in [2.75, 3.05) is 0 Å². The summed E-state index contributed by atoms with van der Waals surface area (Å²) in [6.45, 7) is 2.18. The highest BCUT2D eigenvalue weighted by molar-refractivity contribution is 8.15. The molecule has 2 aromatic rings. The van der Waals surface area contributed by atoms with Crippen molar-refractivity contribution >= 4 is 16.8 Å². The molecule has 1 spiro atoms. The van der Waals surface area contributed by atoms with Crippen molar-refractivity contribution in [2.45, 2.75) is 37.5 Å². The average molecular weight is 344 g/mol. The molecular formula is C19H18F2N2S. The van der Waals surface area contributed by atoms with Crippen molar-refractivity contribution in [1.29, 1.82) is 0 Å². The molecule has 1 aliphatic carbocycles. The fraction of sp³-hybridized carbons (Fsp3) is 0.316. The normalized spacial score (nSPS) is 21.7. The number of benzene rings is 2. The maximum atomic E-state index is 14.1. The zero-order valence-corrected chi connectivity index (χ0v) is 14.2. The molecule has 24 heavy (non-hydrogen) atoms. The van der Waals surface area contributed by atoms with Crippen LogP contribution in [-0.4, -0.2) is 5.04 Å². The molecule has 1 heterocycles. The number of rotatable bonds is 3. The van der Waals surface area contributed by atoms with Crippen LogP contribution in [0.4, 0.5) is 8.78 Å². The standard InChI is InChI=1S/C19H18F2N2S/c1-2-4-12-5-3-6-16-14(12)9-10-19(16)23-22-18(24-19)15-11-13(20)7-8-17(15)21/h3,5-8,11,23H,2,4,9-10H2,1H3. The van der Waals surface area contributed by atoms with Gasteiger partial charge in [0.1, 0.15) is 21.5 Å². The number of thioether (sulfide) groups is 1. The summed E-state index contributed by atoms with van der Waals surface area (Å²) in [4.78, 5) is -0.354. The van der Waals surface area contributed by atoms with Gasteiger partial charge in [-0.1, -0.05) is 43.3 Å². The Bertz CT molecular complexity index is 834. The molecule has 1 atom stereocenters. The van der Waals surface area contributed by atoms with Crippen LogP contribution >= 0.6 is 11.8 Å². The maximum absolute atomic E-state index is 14.1. The summed E-state index contributed by atoms with van der Waals surface area (Å²) >= 11 is 1.50. The second-order valence-electron chi connectivity index (χ2n) is 6.28. The van der Waals surface area contributed by atoms with Gasteiger partial charge in [-0.2, -0.15) is 5.10 Å². The molecule has 0 saturated carbocycles. The zero-order valence-electron chi connectivity index (χ0n) is 13.4. The fourth-order valence-corrected chi connectivity index (χ4v) is 4.88. The third-order valence-electron chi connectivity index (χ3n) is 4.72. The molecule has 2 aromatic carbocycles. The fourth-order valence-electron chi connectivity index (χ4n) is 3.60. The summed E-state index contributed by atoms with van der Waals surface area (Å²) in [5.74, 6) is -0.896. The van der Waals surface area contributed by atoms with Gasteiger partial charge in [0.25, 0.3) is 0 Å². The van der Waals surface area contributed by atoms with E-state index >= 15 is 0 Å². The largest absolute Gasteiger partial charge is 0.288 e. The molecule has 1 unspecified atom stereocenters. The Morgan fingerprint density at radius 1 is 1.25 bits per heavy atom. The lowest BCUT2D eigenvalue weighted by molar-refractivity contribution is 0.511. The van der Waals surface area contributed by atoms with Crippen LogP contribution in [-0.2, 0) is 17.7 Å². The molecule has 2 nitrogen and oxygen atoms in total. The highest BCUT2D eigenvalue weighted by Crippen LogP contribution is 2.50. The quantitative estimate of drug-likeness (QED) is 0.872. The Morgan fingerprint density at radius 3 is 2.96 bits per heavy atom. The third-order valence-corrected chi connectivity index (χ3v) is 6.09. The van der Waals surface area contributed by atoms with E-state index in [1.807, 2.05) is 0 Å². The van der Waals surface area contributed by atoms with Crippen molar-refractivity contribution in [1.82, 2.24) is 5.43 Å². The van der Waals surface area contributed by atoms with Crippen LogP contribution in [0.5, 0.6) is 0 Å². The van der Waals surface area contributed by atoms with Crippen LogP contribution in [0.15, 0.2) is 41.5 Å². The van der Waals surface area contributed by atoms with Crippen LogP contribution in [0.25, 0.3) is 0 Å². The summed E-state index contributed by atoms with van der Waals surface area (Å²) in [6, 6.07) is 9.90. The van der Waals surface area contributed by atoms with E-state index in [2.05, 4.69) is 35.7 Å². The van der Waals surface area contributed by atoms with E-state index in [-0.39, 0.29) is 10.4 Å². The molecule has 0 fully saturated rings. The first-order valence-electron chi connectivity index (χ1n) is 8.23. The number of hydrogen-bond donors (Lipinski definition) is 1. The van der Waals surface area contributed by atoms with Gasteiger partial charge in [0.05, 0.1) is 0 Å². The van der Waals surface area contributed by atoms with E-state index in [1.165, 1.54) is 34.5 Å². The molecule has 0 radical (unpaired) electrons. The van der Waals surface area contributed by atoms with E-state index < -0.39 is 11.6 Å². The second-order valence-corrected chi connectivity index (χ2v) is 7.56. The van der Waals surface area contributed by atoms with Gasteiger partial charge in [0.15, 0.2) is 0 Å². The molecule has 0 saturated heterocycles. The number of nitrogens with one attached hydrogen (secondary N) is 1. The predicted molar refractivity (Wildman–Crippen MR) is 94.1 cm³/mol. The number of hydrogen-bond acceptors (Lipinski definition) is 3. The molecule has 0 amide bonds. The number of nitrogens with zero attached hydrogens (tertiary/aromatic N) is 1. The lowest BCUT2D eigenvalue weighted by Gasteiger charge is -2.23. The van der Waals surface area contributed by atoms with Crippen LogP contribution in [0, 0.1) is 11.6 Å². The average Bonchev–Trinajstić information content (AvgIpc) is 3.17. The van der Waals surface area contributed by atoms with Crippen LogP contribution in [0.3, 0.4) is 0 Å². The monoisotopic (exact) mass is 344 g/mol.